The van der Waals surface area contributed by atoms with E-state index in [1.807, 2.05) is 32.0 Å². The van der Waals surface area contributed by atoms with Gasteiger partial charge in [-0.1, -0.05) is 6.92 Å². The van der Waals surface area contributed by atoms with Crippen molar-refractivity contribution in [1.29, 1.82) is 0 Å². The molecule has 0 saturated heterocycles. The number of nitrogens with one attached hydrogen (secondary N) is 1. The Morgan fingerprint density at radius 3 is 2.71 bits per heavy atom. The van der Waals surface area contributed by atoms with Gasteiger partial charge in [-0.05, 0) is 25.5 Å². The van der Waals surface area contributed by atoms with Gasteiger partial charge in [-0.3, -0.25) is 0 Å². The Labute approximate surface area is 102 Å². The standard InChI is InChI=1S/C13H19NO3/c1-3-13(2,15)9-14-10-4-5-11-12(8-10)17-7-6-16-11/h4-5,8,14-15H,3,6-7,9H2,1-2H3. The minimum Gasteiger partial charge on any atom is -0.486 e. The van der Waals surface area contributed by atoms with Gasteiger partial charge in [0.05, 0.1) is 5.60 Å². The molecular formula is C13H19NO3. The summed E-state index contributed by atoms with van der Waals surface area (Å²) in [6.45, 7) is 5.49. The van der Waals surface area contributed by atoms with Gasteiger partial charge in [-0.25, -0.2) is 0 Å². The maximum Gasteiger partial charge on any atom is 0.163 e. The Kier molecular flexibility index (Phi) is 3.43. The predicted octanol–water partition coefficient (Wildman–Crippen LogP) is 2.03. The van der Waals surface area contributed by atoms with Crippen LogP contribution in [0, 0.1) is 0 Å². The Morgan fingerprint density at radius 1 is 1.29 bits per heavy atom. The van der Waals surface area contributed by atoms with E-state index in [4.69, 9.17) is 9.47 Å². The number of ether oxygens (including phenoxy) is 2. The zero-order valence-electron chi connectivity index (χ0n) is 10.3. The molecule has 1 atom stereocenters. The first kappa shape index (κ1) is 12.0. The second kappa shape index (κ2) is 4.84. The Hall–Kier alpha value is -1.42. The third kappa shape index (κ3) is 3.03. The molecule has 1 unspecified atom stereocenters. The van der Waals surface area contributed by atoms with E-state index in [-0.39, 0.29) is 0 Å². The van der Waals surface area contributed by atoms with E-state index >= 15 is 0 Å². The summed E-state index contributed by atoms with van der Waals surface area (Å²) in [4.78, 5) is 0. The number of rotatable bonds is 4. The molecule has 2 rings (SSSR count). The highest BCUT2D eigenvalue weighted by Crippen LogP contribution is 2.32. The van der Waals surface area contributed by atoms with Crippen molar-refractivity contribution in [3.8, 4) is 11.5 Å². The van der Waals surface area contributed by atoms with Crippen LogP contribution in [0.5, 0.6) is 11.5 Å². The van der Waals surface area contributed by atoms with Crippen molar-refractivity contribution in [3.05, 3.63) is 18.2 Å². The molecule has 1 heterocycles. The molecule has 0 aromatic heterocycles. The molecular weight excluding hydrogens is 218 g/mol. The van der Waals surface area contributed by atoms with Crippen molar-refractivity contribution < 1.29 is 14.6 Å². The van der Waals surface area contributed by atoms with Crippen molar-refractivity contribution >= 4 is 5.69 Å². The van der Waals surface area contributed by atoms with Crippen LogP contribution in [-0.4, -0.2) is 30.5 Å². The zero-order chi connectivity index (χ0) is 12.3. The molecule has 94 valence electrons. The summed E-state index contributed by atoms with van der Waals surface area (Å²) in [5.41, 5.74) is 0.246. The Bertz CT molecular complexity index is 390. The number of fused-ring (bicyclic) bond motifs is 1. The highest BCUT2D eigenvalue weighted by molar-refractivity contribution is 5.55. The van der Waals surface area contributed by atoms with Gasteiger partial charge < -0.3 is 19.9 Å². The summed E-state index contributed by atoms with van der Waals surface area (Å²) >= 11 is 0. The van der Waals surface area contributed by atoms with Crippen molar-refractivity contribution in [3.63, 3.8) is 0 Å². The van der Waals surface area contributed by atoms with Crippen LogP contribution >= 0.6 is 0 Å². The average molecular weight is 237 g/mol. The number of hydrogen-bond acceptors (Lipinski definition) is 4. The topological polar surface area (TPSA) is 50.7 Å². The van der Waals surface area contributed by atoms with Crippen LogP contribution in [0.3, 0.4) is 0 Å². The maximum absolute atomic E-state index is 9.90. The summed E-state index contributed by atoms with van der Waals surface area (Å²) in [7, 11) is 0. The molecule has 1 aliphatic rings. The number of anilines is 1. The molecule has 0 fully saturated rings. The smallest absolute Gasteiger partial charge is 0.163 e. The lowest BCUT2D eigenvalue weighted by Crippen LogP contribution is -2.32. The highest BCUT2D eigenvalue weighted by Gasteiger charge is 2.17. The first-order chi connectivity index (χ1) is 8.11. The number of benzene rings is 1. The molecule has 0 aliphatic carbocycles. The van der Waals surface area contributed by atoms with Crippen LogP contribution in [0.4, 0.5) is 5.69 Å². The normalized spacial score (nSPS) is 17.4. The lowest BCUT2D eigenvalue weighted by molar-refractivity contribution is 0.0697. The van der Waals surface area contributed by atoms with Gasteiger partial charge in [0.25, 0.3) is 0 Å². The van der Waals surface area contributed by atoms with E-state index in [2.05, 4.69) is 5.32 Å². The maximum atomic E-state index is 9.90. The summed E-state index contributed by atoms with van der Waals surface area (Å²) in [6, 6.07) is 5.72. The first-order valence-corrected chi connectivity index (χ1v) is 5.97. The average Bonchev–Trinajstić information content (AvgIpc) is 2.36. The van der Waals surface area contributed by atoms with Gasteiger partial charge in [0, 0.05) is 18.3 Å². The quantitative estimate of drug-likeness (QED) is 0.841. The van der Waals surface area contributed by atoms with Crippen LogP contribution in [0.15, 0.2) is 18.2 Å². The van der Waals surface area contributed by atoms with E-state index in [1.54, 1.807) is 0 Å². The summed E-state index contributed by atoms with van der Waals surface area (Å²) < 4.78 is 10.9. The van der Waals surface area contributed by atoms with Crippen LogP contribution in [0.25, 0.3) is 0 Å². The molecule has 4 nitrogen and oxygen atoms in total. The van der Waals surface area contributed by atoms with Crippen molar-refractivity contribution in [2.24, 2.45) is 0 Å². The molecule has 0 saturated carbocycles. The van der Waals surface area contributed by atoms with Crippen LogP contribution in [-0.2, 0) is 0 Å². The Balaban J connectivity index is 2.02. The van der Waals surface area contributed by atoms with Gasteiger partial charge in [0.2, 0.25) is 0 Å². The van der Waals surface area contributed by atoms with Crippen molar-refractivity contribution in [1.82, 2.24) is 0 Å². The fourth-order valence-corrected chi connectivity index (χ4v) is 1.57. The van der Waals surface area contributed by atoms with Crippen LogP contribution in [0.1, 0.15) is 20.3 Å². The number of hydrogen-bond donors (Lipinski definition) is 2. The molecule has 0 bridgehead atoms. The molecule has 0 radical (unpaired) electrons. The van der Waals surface area contributed by atoms with E-state index in [0.29, 0.717) is 26.2 Å². The van der Waals surface area contributed by atoms with Gasteiger partial charge in [0.15, 0.2) is 11.5 Å². The summed E-state index contributed by atoms with van der Waals surface area (Å²) in [5, 5.41) is 13.1. The molecule has 17 heavy (non-hydrogen) atoms. The Morgan fingerprint density at radius 2 is 2.00 bits per heavy atom. The second-order valence-corrected chi connectivity index (χ2v) is 4.56. The van der Waals surface area contributed by atoms with Gasteiger partial charge >= 0.3 is 0 Å². The van der Waals surface area contributed by atoms with Crippen LogP contribution < -0.4 is 14.8 Å². The molecule has 4 heteroatoms. The third-order valence-corrected chi connectivity index (χ3v) is 2.98. The minimum atomic E-state index is -0.687. The fraction of sp³-hybridized carbons (Fsp3) is 0.538. The molecule has 2 N–H and O–H groups in total. The molecule has 1 aromatic carbocycles. The lowest BCUT2D eigenvalue weighted by Gasteiger charge is -2.23. The van der Waals surface area contributed by atoms with Gasteiger partial charge in [-0.15, -0.1) is 0 Å². The summed E-state index contributed by atoms with van der Waals surface area (Å²) in [6.07, 6.45) is 0.713. The van der Waals surface area contributed by atoms with E-state index < -0.39 is 5.60 Å². The molecule has 1 aliphatic heterocycles. The fourth-order valence-electron chi connectivity index (χ4n) is 1.57. The van der Waals surface area contributed by atoms with Crippen molar-refractivity contribution in [2.45, 2.75) is 25.9 Å². The van der Waals surface area contributed by atoms with Gasteiger partial charge in [0.1, 0.15) is 13.2 Å². The molecule has 0 amide bonds. The SMILES string of the molecule is CCC(C)(O)CNc1ccc2c(c1)OCCO2. The second-order valence-electron chi connectivity index (χ2n) is 4.56. The van der Waals surface area contributed by atoms with E-state index in [1.165, 1.54) is 0 Å². The highest BCUT2D eigenvalue weighted by atomic mass is 16.6. The monoisotopic (exact) mass is 237 g/mol. The first-order valence-electron chi connectivity index (χ1n) is 5.97. The lowest BCUT2D eigenvalue weighted by atomic mass is 10.0. The van der Waals surface area contributed by atoms with E-state index in [9.17, 15) is 5.11 Å². The largest absolute Gasteiger partial charge is 0.486 e. The van der Waals surface area contributed by atoms with Gasteiger partial charge in [-0.2, -0.15) is 0 Å². The van der Waals surface area contributed by atoms with Crippen LogP contribution in [0.2, 0.25) is 0 Å². The zero-order valence-corrected chi connectivity index (χ0v) is 10.3. The van der Waals surface area contributed by atoms with E-state index in [0.717, 1.165) is 17.2 Å². The van der Waals surface area contributed by atoms with Crippen molar-refractivity contribution in [2.75, 3.05) is 25.1 Å². The predicted molar refractivity (Wildman–Crippen MR) is 66.8 cm³/mol. The summed E-state index contributed by atoms with van der Waals surface area (Å²) in [5.74, 6) is 1.54. The number of aliphatic hydroxyl groups is 1. The molecule has 1 aromatic rings. The third-order valence-electron chi connectivity index (χ3n) is 2.98. The minimum absolute atomic E-state index is 0.517. The molecule has 0 spiro atoms.